The average Bonchev–Trinajstić information content (AvgIpc) is 2.99. The molecule has 0 aliphatic carbocycles. The van der Waals surface area contributed by atoms with Crippen molar-refractivity contribution in [3.63, 3.8) is 0 Å². The Balaban J connectivity index is 1.27. The number of esters is 1. The van der Waals surface area contributed by atoms with E-state index in [1.54, 1.807) is 30.3 Å². The van der Waals surface area contributed by atoms with Crippen LogP contribution >= 0.6 is 0 Å². The van der Waals surface area contributed by atoms with Crippen LogP contribution in [0.2, 0.25) is 0 Å². The summed E-state index contributed by atoms with van der Waals surface area (Å²) in [6.07, 6.45) is 15.5. The molecule has 0 aromatic heterocycles. The minimum Gasteiger partial charge on any atom is -0.423 e. The van der Waals surface area contributed by atoms with Crippen LogP contribution in [-0.4, -0.2) is 30.5 Å². The van der Waals surface area contributed by atoms with Gasteiger partial charge in [0.25, 0.3) is 5.91 Å². The summed E-state index contributed by atoms with van der Waals surface area (Å²) in [6, 6.07) is 20.0. The Labute approximate surface area is 243 Å². The largest absolute Gasteiger partial charge is 0.423 e. The Morgan fingerprint density at radius 3 is 2.07 bits per heavy atom. The van der Waals surface area contributed by atoms with E-state index in [-0.39, 0.29) is 12.5 Å². The van der Waals surface area contributed by atoms with Gasteiger partial charge in [-0.2, -0.15) is 5.10 Å². The summed E-state index contributed by atoms with van der Waals surface area (Å²) >= 11 is 0. The first-order chi connectivity index (χ1) is 20.1. The smallest absolute Gasteiger partial charge is 0.344 e. The van der Waals surface area contributed by atoms with E-state index in [1.165, 1.54) is 57.6 Å². The van der Waals surface area contributed by atoms with E-state index in [0.29, 0.717) is 17.7 Å². The summed E-state index contributed by atoms with van der Waals surface area (Å²) in [7, 11) is 0. The monoisotopic (exact) mass is 557 g/mol. The summed E-state index contributed by atoms with van der Waals surface area (Å²) in [4.78, 5) is 36.7. The summed E-state index contributed by atoms with van der Waals surface area (Å²) < 4.78 is 5.54. The lowest BCUT2D eigenvalue weighted by molar-refractivity contribution is -0.126. The molecule has 0 saturated carbocycles. The molecule has 0 spiro atoms. The molecule has 0 aliphatic heterocycles. The SMILES string of the molecule is CCCCCCCCCCCCCC(=O)NCC(=O)N/N=C\c1ccc(OC(=O)c2cccc3ccccc23)cc1. The highest BCUT2D eigenvalue weighted by Crippen LogP contribution is 2.21. The number of ether oxygens (including phenoxy) is 1. The second-order valence-electron chi connectivity index (χ2n) is 10.3. The minimum absolute atomic E-state index is 0.114. The number of benzene rings is 3. The molecule has 0 atom stereocenters. The fourth-order valence-electron chi connectivity index (χ4n) is 4.62. The van der Waals surface area contributed by atoms with Crippen molar-refractivity contribution in [1.82, 2.24) is 10.7 Å². The van der Waals surface area contributed by atoms with Crippen LogP contribution in [0.5, 0.6) is 5.75 Å². The number of unbranched alkanes of at least 4 members (excludes halogenated alkanes) is 10. The Bertz CT molecular complexity index is 1270. The first-order valence-electron chi connectivity index (χ1n) is 15.0. The van der Waals surface area contributed by atoms with Crippen molar-refractivity contribution in [3.05, 3.63) is 77.9 Å². The lowest BCUT2D eigenvalue weighted by Gasteiger charge is -2.07. The van der Waals surface area contributed by atoms with Crippen LogP contribution in [0.3, 0.4) is 0 Å². The zero-order valence-corrected chi connectivity index (χ0v) is 24.2. The Kier molecular flexibility index (Phi) is 14.1. The van der Waals surface area contributed by atoms with E-state index in [4.69, 9.17) is 4.74 Å². The van der Waals surface area contributed by atoms with Crippen LogP contribution in [0.25, 0.3) is 10.8 Å². The number of hydrogen-bond donors (Lipinski definition) is 2. The van der Waals surface area contributed by atoms with Crippen molar-refractivity contribution in [1.29, 1.82) is 0 Å². The van der Waals surface area contributed by atoms with Gasteiger partial charge in [0.1, 0.15) is 5.75 Å². The van der Waals surface area contributed by atoms with E-state index < -0.39 is 11.9 Å². The normalized spacial score (nSPS) is 11.0. The molecule has 41 heavy (non-hydrogen) atoms. The van der Waals surface area contributed by atoms with Crippen molar-refractivity contribution in [2.24, 2.45) is 5.10 Å². The van der Waals surface area contributed by atoms with Crippen LogP contribution in [0.1, 0.15) is 99.9 Å². The van der Waals surface area contributed by atoms with Crippen molar-refractivity contribution >= 4 is 34.8 Å². The van der Waals surface area contributed by atoms with E-state index in [2.05, 4.69) is 22.8 Å². The van der Waals surface area contributed by atoms with Gasteiger partial charge in [0.05, 0.1) is 18.3 Å². The zero-order chi connectivity index (χ0) is 29.1. The molecule has 0 fully saturated rings. The van der Waals surface area contributed by atoms with E-state index in [1.807, 2.05) is 36.4 Å². The highest BCUT2D eigenvalue weighted by atomic mass is 16.5. The lowest BCUT2D eigenvalue weighted by atomic mass is 10.0. The highest BCUT2D eigenvalue weighted by Gasteiger charge is 2.12. The number of hydrazone groups is 1. The quantitative estimate of drug-likeness (QED) is 0.0563. The van der Waals surface area contributed by atoms with Gasteiger partial charge < -0.3 is 10.1 Å². The topological polar surface area (TPSA) is 96.9 Å². The molecule has 0 aliphatic rings. The molecular formula is C34H43N3O4. The molecule has 3 aromatic rings. The van der Waals surface area contributed by atoms with Crippen LogP contribution < -0.4 is 15.5 Å². The van der Waals surface area contributed by atoms with Gasteiger partial charge in [-0.15, -0.1) is 0 Å². The maximum Gasteiger partial charge on any atom is 0.344 e. The number of amides is 2. The fraction of sp³-hybridized carbons (Fsp3) is 0.412. The molecule has 7 heteroatoms. The predicted octanol–water partition coefficient (Wildman–Crippen LogP) is 7.33. The van der Waals surface area contributed by atoms with Crippen molar-refractivity contribution in [2.75, 3.05) is 6.54 Å². The number of nitrogens with zero attached hydrogens (tertiary/aromatic N) is 1. The Morgan fingerprint density at radius 2 is 1.37 bits per heavy atom. The number of carbonyl (C=O) groups is 3. The summed E-state index contributed by atoms with van der Waals surface area (Å²) in [6.45, 7) is 2.13. The molecular weight excluding hydrogens is 514 g/mol. The van der Waals surface area contributed by atoms with E-state index in [0.717, 1.165) is 35.6 Å². The molecule has 2 N–H and O–H groups in total. The van der Waals surface area contributed by atoms with Crippen molar-refractivity contribution in [2.45, 2.75) is 84.0 Å². The molecule has 218 valence electrons. The molecule has 0 heterocycles. The maximum atomic E-state index is 12.7. The molecule has 0 radical (unpaired) electrons. The number of rotatable bonds is 18. The van der Waals surface area contributed by atoms with Gasteiger partial charge in [-0.25, -0.2) is 10.2 Å². The second kappa shape index (κ2) is 18.4. The third-order valence-corrected chi connectivity index (χ3v) is 6.96. The summed E-state index contributed by atoms with van der Waals surface area (Å²) in [5.41, 5.74) is 3.63. The van der Waals surface area contributed by atoms with Gasteiger partial charge in [0.2, 0.25) is 5.91 Å². The van der Waals surface area contributed by atoms with E-state index >= 15 is 0 Å². The predicted molar refractivity (Wildman–Crippen MR) is 165 cm³/mol. The Morgan fingerprint density at radius 1 is 0.732 bits per heavy atom. The lowest BCUT2D eigenvalue weighted by Crippen LogP contribution is -2.34. The van der Waals surface area contributed by atoms with Crippen LogP contribution in [0.15, 0.2) is 71.8 Å². The molecule has 7 nitrogen and oxygen atoms in total. The van der Waals surface area contributed by atoms with Crippen LogP contribution in [0.4, 0.5) is 0 Å². The van der Waals surface area contributed by atoms with E-state index in [9.17, 15) is 14.4 Å². The first kappa shape index (κ1) is 31.5. The summed E-state index contributed by atoms with van der Waals surface area (Å²) in [5.74, 6) is -0.534. The Hall–Kier alpha value is -4.00. The fourth-order valence-corrected chi connectivity index (χ4v) is 4.62. The standard InChI is InChI=1S/C34H43N3O4/c1-2-3-4-5-6-7-8-9-10-11-12-20-32(38)35-26-33(39)37-36-25-27-21-23-29(24-22-27)41-34(40)31-19-15-17-28-16-13-14-18-30(28)31/h13-19,21-25H,2-12,20,26H2,1H3,(H,35,38)(H,37,39)/b36-25-. The third-order valence-electron chi connectivity index (χ3n) is 6.96. The van der Waals surface area contributed by atoms with Gasteiger partial charge in [0.15, 0.2) is 0 Å². The summed E-state index contributed by atoms with van der Waals surface area (Å²) in [5, 5.41) is 8.39. The molecule has 2 amide bonds. The highest BCUT2D eigenvalue weighted by molar-refractivity contribution is 6.05. The molecule has 0 bridgehead atoms. The third kappa shape index (κ3) is 12.0. The van der Waals surface area contributed by atoms with Crippen molar-refractivity contribution < 1.29 is 19.1 Å². The zero-order valence-electron chi connectivity index (χ0n) is 24.2. The van der Waals surface area contributed by atoms with Crippen molar-refractivity contribution in [3.8, 4) is 5.75 Å². The molecule has 0 saturated heterocycles. The first-order valence-corrected chi connectivity index (χ1v) is 15.0. The average molecular weight is 558 g/mol. The number of carbonyl (C=O) groups excluding carboxylic acids is 3. The van der Waals surface area contributed by atoms with Gasteiger partial charge in [-0.1, -0.05) is 108 Å². The van der Waals surface area contributed by atoms with Crippen LogP contribution in [-0.2, 0) is 9.59 Å². The number of nitrogens with one attached hydrogen (secondary N) is 2. The number of fused-ring (bicyclic) bond motifs is 1. The number of hydrogen-bond acceptors (Lipinski definition) is 5. The van der Waals surface area contributed by atoms with Gasteiger partial charge in [0, 0.05) is 6.42 Å². The molecule has 3 rings (SSSR count). The molecule has 0 unspecified atom stereocenters. The van der Waals surface area contributed by atoms with Crippen LogP contribution in [0, 0.1) is 0 Å². The van der Waals surface area contributed by atoms with Gasteiger partial charge in [-0.05, 0) is 53.1 Å². The van der Waals surface area contributed by atoms with Gasteiger partial charge >= 0.3 is 5.97 Å². The maximum absolute atomic E-state index is 12.7. The second-order valence-corrected chi connectivity index (χ2v) is 10.3. The van der Waals surface area contributed by atoms with Gasteiger partial charge in [-0.3, -0.25) is 9.59 Å². The molecule has 3 aromatic carbocycles. The minimum atomic E-state index is -0.430.